The molecule has 0 atom stereocenters. The van der Waals surface area contributed by atoms with Gasteiger partial charge in [0.15, 0.2) is 5.43 Å². The summed E-state index contributed by atoms with van der Waals surface area (Å²) in [4.78, 5) is 53.5. The third-order valence-electron chi connectivity index (χ3n) is 6.29. The Morgan fingerprint density at radius 3 is 2.48 bits per heavy atom. The molecule has 0 spiro atoms. The lowest BCUT2D eigenvalue weighted by molar-refractivity contribution is -0.384. The molecule has 1 aromatic heterocycles. The van der Waals surface area contributed by atoms with Crippen LogP contribution in [0.5, 0.6) is 0 Å². The average Bonchev–Trinajstić information content (AvgIpc) is 2.94. The summed E-state index contributed by atoms with van der Waals surface area (Å²) in [6.07, 6.45) is 2.82. The first-order valence-electron chi connectivity index (χ1n) is 12.3. The van der Waals surface area contributed by atoms with E-state index in [1.807, 2.05) is 43.3 Å². The van der Waals surface area contributed by atoms with Crippen molar-refractivity contribution in [3.63, 3.8) is 0 Å². The Bertz CT molecular complexity index is 1650. The fraction of sp³-hybridized carbons (Fsp3) is 0.167. The SMILES string of the molecule is C=CCN(CC(=O)N(Cc1ccccc1)Cc1coc2ccc(C)cc2c1=O)C(=O)c1ccc([N+](=O)[O-])cc1Cl. The second-order valence-electron chi connectivity index (χ2n) is 9.22. The van der Waals surface area contributed by atoms with E-state index in [4.69, 9.17) is 16.0 Å². The zero-order valence-electron chi connectivity index (χ0n) is 21.7. The van der Waals surface area contributed by atoms with Gasteiger partial charge in [0.05, 0.1) is 39.3 Å². The minimum Gasteiger partial charge on any atom is -0.464 e. The van der Waals surface area contributed by atoms with E-state index in [2.05, 4.69) is 6.58 Å². The van der Waals surface area contributed by atoms with Crippen LogP contribution >= 0.6 is 11.6 Å². The van der Waals surface area contributed by atoms with Crippen LogP contribution in [0, 0.1) is 17.0 Å². The van der Waals surface area contributed by atoms with E-state index in [-0.39, 0.29) is 47.9 Å². The van der Waals surface area contributed by atoms with Crippen LogP contribution in [0.25, 0.3) is 11.0 Å². The molecule has 4 aromatic rings. The van der Waals surface area contributed by atoms with Crippen LogP contribution in [-0.2, 0) is 17.9 Å². The number of nitro benzene ring substituents is 1. The van der Waals surface area contributed by atoms with Crippen LogP contribution in [0.2, 0.25) is 5.02 Å². The van der Waals surface area contributed by atoms with Crippen molar-refractivity contribution < 1.29 is 18.9 Å². The molecule has 0 aliphatic heterocycles. The second-order valence-corrected chi connectivity index (χ2v) is 9.63. The molecular weight excluding hydrogens is 534 g/mol. The summed E-state index contributed by atoms with van der Waals surface area (Å²) in [7, 11) is 0. The fourth-order valence-corrected chi connectivity index (χ4v) is 4.49. The zero-order valence-corrected chi connectivity index (χ0v) is 22.5. The Kier molecular flexibility index (Phi) is 8.76. The zero-order chi connectivity index (χ0) is 28.8. The molecule has 9 nitrogen and oxygen atoms in total. The molecule has 2 amide bonds. The minimum absolute atomic E-state index is 0.0158. The average molecular weight is 560 g/mol. The molecule has 4 rings (SSSR count). The van der Waals surface area contributed by atoms with Gasteiger partial charge in [-0.25, -0.2) is 0 Å². The van der Waals surface area contributed by atoms with Crippen molar-refractivity contribution in [1.29, 1.82) is 0 Å². The van der Waals surface area contributed by atoms with Crippen molar-refractivity contribution >= 4 is 40.1 Å². The van der Waals surface area contributed by atoms with Crippen molar-refractivity contribution in [3.8, 4) is 0 Å². The molecule has 0 radical (unpaired) electrons. The third kappa shape index (κ3) is 6.44. The molecule has 40 heavy (non-hydrogen) atoms. The lowest BCUT2D eigenvalue weighted by Crippen LogP contribution is -2.43. The molecule has 3 aromatic carbocycles. The standard InChI is InChI=1S/C30H26ClN3O6/c1-3-13-32(30(37)24-11-10-23(34(38)39)15-26(24)31)18-28(35)33(16-21-7-5-4-6-8-21)17-22-19-40-27-12-9-20(2)14-25(27)29(22)36/h3-12,14-15,19H,1,13,16-18H2,2H3. The fourth-order valence-electron chi connectivity index (χ4n) is 4.24. The molecule has 204 valence electrons. The maximum Gasteiger partial charge on any atom is 0.270 e. The molecule has 0 saturated heterocycles. The highest BCUT2D eigenvalue weighted by Gasteiger charge is 2.25. The predicted octanol–water partition coefficient (Wildman–Crippen LogP) is 5.52. The second kappa shape index (κ2) is 12.4. The van der Waals surface area contributed by atoms with Crippen molar-refractivity contribution in [2.24, 2.45) is 0 Å². The topological polar surface area (TPSA) is 114 Å². The number of nitrogens with zero attached hydrogens (tertiary/aromatic N) is 3. The van der Waals surface area contributed by atoms with Gasteiger partial charge >= 0.3 is 0 Å². The van der Waals surface area contributed by atoms with E-state index in [1.54, 1.807) is 12.1 Å². The largest absolute Gasteiger partial charge is 0.464 e. The van der Waals surface area contributed by atoms with Crippen LogP contribution in [0.3, 0.4) is 0 Å². The van der Waals surface area contributed by atoms with Crippen molar-refractivity contribution in [2.45, 2.75) is 20.0 Å². The third-order valence-corrected chi connectivity index (χ3v) is 6.60. The first-order valence-corrected chi connectivity index (χ1v) is 12.7. The first-order chi connectivity index (χ1) is 19.2. The van der Waals surface area contributed by atoms with E-state index in [0.29, 0.717) is 16.5 Å². The van der Waals surface area contributed by atoms with Gasteiger partial charge in [0.2, 0.25) is 5.91 Å². The number of aryl methyl sites for hydroxylation is 1. The van der Waals surface area contributed by atoms with Gasteiger partial charge in [0, 0.05) is 25.2 Å². The Hall–Kier alpha value is -4.76. The first kappa shape index (κ1) is 28.3. The van der Waals surface area contributed by atoms with Gasteiger partial charge in [-0.05, 0) is 30.7 Å². The highest BCUT2D eigenvalue weighted by molar-refractivity contribution is 6.34. The van der Waals surface area contributed by atoms with Gasteiger partial charge in [-0.15, -0.1) is 6.58 Å². The number of halogens is 1. The van der Waals surface area contributed by atoms with E-state index in [9.17, 15) is 24.5 Å². The number of fused-ring (bicyclic) bond motifs is 1. The molecule has 0 aliphatic carbocycles. The molecule has 0 fully saturated rings. The number of benzene rings is 3. The number of hydrogen-bond donors (Lipinski definition) is 0. The van der Waals surface area contributed by atoms with Gasteiger partial charge in [0.1, 0.15) is 12.1 Å². The quantitative estimate of drug-likeness (QED) is 0.144. The summed E-state index contributed by atoms with van der Waals surface area (Å²) in [5.74, 6) is -1.02. The Labute approximate surface area is 235 Å². The summed E-state index contributed by atoms with van der Waals surface area (Å²) in [5, 5.41) is 11.4. The maximum atomic E-state index is 13.7. The minimum atomic E-state index is -0.614. The van der Waals surface area contributed by atoms with E-state index >= 15 is 0 Å². The van der Waals surface area contributed by atoms with E-state index in [0.717, 1.165) is 17.2 Å². The summed E-state index contributed by atoms with van der Waals surface area (Å²) in [6, 6.07) is 18.1. The van der Waals surface area contributed by atoms with Crippen molar-refractivity contribution in [1.82, 2.24) is 9.80 Å². The van der Waals surface area contributed by atoms with Crippen LogP contribution in [-0.4, -0.2) is 39.6 Å². The number of rotatable bonds is 10. The van der Waals surface area contributed by atoms with E-state index in [1.165, 1.54) is 34.3 Å². The summed E-state index contributed by atoms with van der Waals surface area (Å²) in [6.45, 7) is 5.36. The molecular formula is C30H26ClN3O6. The lowest BCUT2D eigenvalue weighted by atomic mass is 10.1. The number of hydrogen-bond acceptors (Lipinski definition) is 6. The van der Waals surface area contributed by atoms with Crippen LogP contribution < -0.4 is 5.43 Å². The number of carbonyl (C=O) groups is 2. The smallest absolute Gasteiger partial charge is 0.270 e. The van der Waals surface area contributed by atoms with Gasteiger partial charge in [-0.3, -0.25) is 24.5 Å². The molecule has 10 heteroatoms. The van der Waals surface area contributed by atoms with Gasteiger partial charge < -0.3 is 14.2 Å². The predicted molar refractivity (Wildman–Crippen MR) is 152 cm³/mol. The highest BCUT2D eigenvalue weighted by Crippen LogP contribution is 2.24. The number of amides is 2. The number of non-ortho nitro benzene ring substituents is 1. The van der Waals surface area contributed by atoms with Crippen LogP contribution in [0.1, 0.15) is 27.0 Å². The van der Waals surface area contributed by atoms with Crippen LogP contribution in [0.15, 0.2) is 94.9 Å². The Morgan fingerprint density at radius 2 is 1.80 bits per heavy atom. The summed E-state index contributed by atoms with van der Waals surface area (Å²) >= 11 is 6.18. The summed E-state index contributed by atoms with van der Waals surface area (Å²) < 4.78 is 5.69. The normalized spacial score (nSPS) is 10.8. The molecule has 1 heterocycles. The Balaban J connectivity index is 1.64. The molecule has 0 aliphatic rings. The number of carbonyl (C=O) groups excluding carboxylic acids is 2. The van der Waals surface area contributed by atoms with Crippen molar-refractivity contribution in [3.05, 3.63) is 133 Å². The molecule has 0 saturated carbocycles. The van der Waals surface area contributed by atoms with Gasteiger partial charge in [-0.1, -0.05) is 59.6 Å². The molecule has 0 unspecified atom stereocenters. The maximum absolute atomic E-state index is 13.7. The molecule has 0 N–H and O–H groups in total. The van der Waals surface area contributed by atoms with Crippen LogP contribution in [0.4, 0.5) is 5.69 Å². The monoisotopic (exact) mass is 559 g/mol. The van der Waals surface area contributed by atoms with Gasteiger partial charge in [-0.2, -0.15) is 0 Å². The van der Waals surface area contributed by atoms with Gasteiger partial charge in [0.25, 0.3) is 11.6 Å². The molecule has 0 bridgehead atoms. The number of nitro groups is 1. The highest BCUT2D eigenvalue weighted by atomic mass is 35.5. The Morgan fingerprint density at radius 1 is 1.05 bits per heavy atom. The van der Waals surface area contributed by atoms with E-state index < -0.39 is 16.7 Å². The lowest BCUT2D eigenvalue weighted by Gasteiger charge is -2.27. The van der Waals surface area contributed by atoms with Crippen molar-refractivity contribution in [2.75, 3.05) is 13.1 Å². The summed E-state index contributed by atoms with van der Waals surface area (Å²) in [5.41, 5.74) is 1.99.